The molecule has 140 valence electrons. The van der Waals surface area contributed by atoms with Crippen LogP contribution in [0.3, 0.4) is 0 Å². The van der Waals surface area contributed by atoms with Crippen LogP contribution in [0.2, 0.25) is 0 Å². The summed E-state index contributed by atoms with van der Waals surface area (Å²) in [6, 6.07) is 30.1. The number of aromatic nitrogens is 1. The molecule has 0 aliphatic rings. The van der Waals surface area contributed by atoms with Gasteiger partial charge >= 0.3 is 0 Å². The van der Waals surface area contributed by atoms with Crippen molar-refractivity contribution in [1.29, 1.82) is 0 Å². The molecule has 4 heteroatoms. The van der Waals surface area contributed by atoms with Crippen LogP contribution in [-0.4, -0.2) is 4.68 Å². The minimum Gasteiger partial charge on any atom is -0.485 e. The fourth-order valence-electron chi connectivity index (χ4n) is 2.84. The van der Waals surface area contributed by atoms with E-state index in [1.807, 2.05) is 108 Å². The molecule has 3 aromatic carbocycles. The van der Waals surface area contributed by atoms with E-state index in [-0.39, 0.29) is 0 Å². The summed E-state index contributed by atoms with van der Waals surface area (Å²) in [4.78, 5) is 0. The monoisotopic (exact) mass is 370 g/mol. The molecule has 0 amide bonds. The average Bonchev–Trinajstić information content (AvgIpc) is 3.26. The highest BCUT2D eigenvalue weighted by Gasteiger charge is 2.08. The Bertz CT molecular complexity index is 984. The number of nitrogens with zero attached hydrogens (tertiary/aromatic N) is 1. The smallest absolute Gasteiger partial charge is 0.163 e. The van der Waals surface area contributed by atoms with Crippen molar-refractivity contribution >= 4 is 5.69 Å². The van der Waals surface area contributed by atoms with Crippen molar-refractivity contribution in [1.82, 2.24) is 4.68 Å². The fourth-order valence-corrected chi connectivity index (χ4v) is 2.84. The topological polar surface area (TPSA) is 35.4 Å². The standard InChI is InChI=1S/C24H22N2O2/c1-3-9-20(10-4-1)18-27-23-14-13-22(25-26-15-7-8-16-26)17-24(23)28-19-21-11-5-2-6-12-21/h1-17,25H,18-19H2. The fraction of sp³-hybridized carbons (Fsp3) is 0.0833. The predicted molar refractivity (Wildman–Crippen MR) is 111 cm³/mol. The van der Waals surface area contributed by atoms with Crippen molar-refractivity contribution in [3.8, 4) is 11.5 Å². The highest BCUT2D eigenvalue weighted by atomic mass is 16.5. The maximum Gasteiger partial charge on any atom is 0.163 e. The lowest BCUT2D eigenvalue weighted by molar-refractivity contribution is 0.256. The summed E-state index contributed by atoms with van der Waals surface area (Å²) >= 11 is 0. The van der Waals surface area contributed by atoms with Gasteiger partial charge in [-0.3, -0.25) is 10.1 Å². The zero-order valence-electron chi connectivity index (χ0n) is 15.5. The molecule has 28 heavy (non-hydrogen) atoms. The van der Waals surface area contributed by atoms with Crippen molar-refractivity contribution in [2.75, 3.05) is 5.43 Å². The quantitative estimate of drug-likeness (QED) is 0.443. The molecule has 0 aliphatic carbocycles. The second-order valence-corrected chi connectivity index (χ2v) is 6.41. The van der Waals surface area contributed by atoms with Crippen molar-refractivity contribution < 1.29 is 9.47 Å². The summed E-state index contributed by atoms with van der Waals surface area (Å²) in [5.74, 6) is 1.43. The summed E-state index contributed by atoms with van der Waals surface area (Å²) in [7, 11) is 0. The Balaban J connectivity index is 1.52. The van der Waals surface area contributed by atoms with Crippen LogP contribution in [0.5, 0.6) is 11.5 Å². The highest BCUT2D eigenvalue weighted by Crippen LogP contribution is 2.32. The molecule has 0 aliphatic heterocycles. The Kier molecular flexibility index (Phi) is 5.59. The lowest BCUT2D eigenvalue weighted by Crippen LogP contribution is -2.06. The van der Waals surface area contributed by atoms with E-state index >= 15 is 0 Å². The molecule has 0 radical (unpaired) electrons. The van der Waals surface area contributed by atoms with Crippen LogP contribution in [0.15, 0.2) is 103 Å². The van der Waals surface area contributed by atoms with Crippen molar-refractivity contribution in [3.05, 3.63) is 115 Å². The molecule has 1 N–H and O–H groups in total. The molecule has 0 saturated heterocycles. The van der Waals surface area contributed by atoms with Crippen LogP contribution in [-0.2, 0) is 13.2 Å². The van der Waals surface area contributed by atoms with Gasteiger partial charge in [0.2, 0.25) is 0 Å². The second kappa shape index (κ2) is 8.82. The lowest BCUT2D eigenvalue weighted by Gasteiger charge is -2.15. The van der Waals surface area contributed by atoms with Gasteiger partial charge in [0.15, 0.2) is 11.5 Å². The van der Waals surface area contributed by atoms with Crippen LogP contribution in [0.4, 0.5) is 5.69 Å². The number of rotatable bonds is 8. The summed E-state index contributed by atoms with van der Waals surface area (Å²) in [5.41, 5.74) is 6.46. The minimum atomic E-state index is 0.482. The van der Waals surface area contributed by atoms with E-state index in [0.29, 0.717) is 19.0 Å². The molecule has 0 bridgehead atoms. The van der Waals surface area contributed by atoms with Gasteiger partial charge in [0, 0.05) is 18.5 Å². The molecule has 4 rings (SSSR count). The maximum absolute atomic E-state index is 6.10. The molecule has 0 fully saturated rings. The van der Waals surface area contributed by atoms with E-state index < -0.39 is 0 Å². The first kappa shape index (κ1) is 17.7. The van der Waals surface area contributed by atoms with Gasteiger partial charge in [-0.1, -0.05) is 60.7 Å². The minimum absolute atomic E-state index is 0.482. The molecular weight excluding hydrogens is 348 g/mol. The number of ether oxygens (including phenoxy) is 2. The van der Waals surface area contributed by atoms with Gasteiger partial charge in [0.25, 0.3) is 0 Å². The number of hydrogen-bond donors (Lipinski definition) is 1. The lowest BCUT2D eigenvalue weighted by atomic mass is 10.2. The Labute approximate surface area is 164 Å². The predicted octanol–water partition coefficient (Wildman–Crippen LogP) is 5.52. The number of nitrogens with one attached hydrogen (secondary N) is 1. The van der Waals surface area contributed by atoms with Gasteiger partial charge in [0.1, 0.15) is 13.2 Å². The average molecular weight is 370 g/mol. The van der Waals surface area contributed by atoms with Gasteiger partial charge in [-0.05, 0) is 35.4 Å². The first-order chi connectivity index (χ1) is 13.9. The van der Waals surface area contributed by atoms with E-state index in [2.05, 4.69) is 5.43 Å². The molecular formula is C24H22N2O2. The highest BCUT2D eigenvalue weighted by molar-refractivity contribution is 5.54. The van der Waals surface area contributed by atoms with Gasteiger partial charge in [0.05, 0.1) is 5.69 Å². The largest absolute Gasteiger partial charge is 0.485 e. The van der Waals surface area contributed by atoms with Gasteiger partial charge in [-0.15, -0.1) is 0 Å². The zero-order chi connectivity index (χ0) is 19.0. The number of benzene rings is 3. The third-order valence-corrected chi connectivity index (χ3v) is 4.28. The SMILES string of the molecule is c1ccc(COc2ccc(Nn3cccc3)cc2OCc2ccccc2)cc1. The van der Waals surface area contributed by atoms with Crippen LogP contribution in [0.1, 0.15) is 11.1 Å². The Morgan fingerprint density at radius 3 is 1.79 bits per heavy atom. The third-order valence-electron chi connectivity index (χ3n) is 4.28. The molecule has 0 atom stereocenters. The normalized spacial score (nSPS) is 10.4. The second-order valence-electron chi connectivity index (χ2n) is 6.41. The van der Waals surface area contributed by atoms with E-state index in [4.69, 9.17) is 9.47 Å². The third kappa shape index (κ3) is 4.74. The van der Waals surface area contributed by atoms with Gasteiger partial charge in [-0.25, -0.2) is 0 Å². The molecule has 0 spiro atoms. The number of hydrogen-bond acceptors (Lipinski definition) is 3. The van der Waals surface area contributed by atoms with Gasteiger partial charge in [-0.2, -0.15) is 0 Å². The molecule has 4 nitrogen and oxygen atoms in total. The van der Waals surface area contributed by atoms with E-state index in [1.165, 1.54) is 0 Å². The summed E-state index contributed by atoms with van der Waals surface area (Å²) < 4.78 is 14.0. The number of anilines is 1. The summed E-state index contributed by atoms with van der Waals surface area (Å²) in [5, 5.41) is 0. The Morgan fingerprint density at radius 2 is 1.18 bits per heavy atom. The van der Waals surface area contributed by atoms with Crippen LogP contribution in [0, 0.1) is 0 Å². The summed E-state index contributed by atoms with van der Waals surface area (Å²) in [6.45, 7) is 0.975. The Hall–Kier alpha value is -3.66. The molecule has 4 aromatic rings. The first-order valence-corrected chi connectivity index (χ1v) is 9.24. The van der Waals surface area contributed by atoms with E-state index in [1.54, 1.807) is 0 Å². The van der Waals surface area contributed by atoms with Crippen LogP contribution >= 0.6 is 0 Å². The van der Waals surface area contributed by atoms with E-state index in [0.717, 1.165) is 22.6 Å². The van der Waals surface area contributed by atoms with Crippen molar-refractivity contribution in [2.24, 2.45) is 0 Å². The Morgan fingerprint density at radius 1 is 0.607 bits per heavy atom. The van der Waals surface area contributed by atoms with Crippen molar-refractivity contribution in [3.63, 3.8) is 0 Å². The summed E-state index contributed by atoms with van der Waals surface area (Å²) in [6.07, 6.45) is 3.90. The van der Waals surface area contributed by atoms with Crippen LogP contribution < -0.4 is 14.9 Å². The first-order valence-electron chi connectivity index (χ1n) is 9.24. The molecule has 1 heterocycles. The molecule has 1 aromatic heterocycles. The zero-order valence-corrected chi connectivity index (χ0v) is 15.5. The van der Waals surface area contributed by atoms with Crippen molar-refractivity contribution in [2.45, 2.75) is 13.2 Å². The molecule has 0 saturated carbocycles. The molecule has 0 unspecified atom stereocenters. The van der Waals surface area contributed by atoms with Gasteiger partial charge < -0.3 is 9.47 Å². The van der Waals surface area contributed by atoms with Crippen LogP contribution in [0.25, 0.3) is 0 Å². The van der Waals surface area contributed by atoms with E-state index in [9.17, 15) is 0 Å². The maximum atomic E-state index is 6.10.